The molecule has 2 N–H and O–H groups in total. The van der Waals surface area contributed by atoms with Gasteiger partial charge in [0.15, 0.2) is 0 Å². The Hall–Kier alpha value is -2.66. The van der Waals surface area contributed by atoms with Gasteiger partial charge in [0.25, 0.3) is 11.8 Å². The van der Waals surface area contributed by atoms with Crippen molar-refractivity contribution in [2.75, 3.05) is 25.6 Å². The van der Waals surface area contributed by atoms with Crippen LogP contribution in [-0.2, 0) is 4.74 Å². The summed E-state index contributed by atoms with van der Waals surface area (Å²) in [6, 6.07) is 12.4. The van der Waals surface area contributed by atoms with Crippen LogP contribution in [0.3, 0.4) is 0 Å². The second-order valence-corrected chi connectivity index (χ2v) is 5.88. The van der Waals surface area contributed by atoms with E-state index in [-0.39, 0.29) is 11.8 Å². The molecule has 132 valence electrons. The number of hydrogen-bond acceptors (Lipinski definition) is 3. The second kappa shape index (κ2) is 8.99. The van der Waals surface area contributed by atoms with Crippen LogP contribution in [-0.4, -0.2) is 32.1 Å². The Morgan fingerprint density at radius 1 is 0.960 bits per heavy atom. The number of nitrogens with one attached hydrogen (secondary N) is 2. The van der Waals surface area contributed by atoms with Crippen LogP contribution in [0.4, 0.5) is 5.69 Å². The fourth-order valence-electron chi connectivity index (χ4n) is 2.37. The molecular weight excluding hydrogens is 316 g/mol. The fraction of sp³-hybridized carbons (Fsp3) is 0.300. The molecule has 0 saturated carbocycles. The minimum Gasteiger partial charge on any atom is -0.385 e. The molecule has 0 bridgehead atoms. The predicted octanol–water partition coefficient (Wildman–Crippen LogP) is 3.32. The molecule has 2 aromatic rings. The van der Waals surface area contributed by atoms with E-state index < -0.39 is 0 Å². The van der Waals surface area contributed by atoms with Crippen LogP contribution in [0.2, 0.25) is 0 Å². The largest absolute Gasteiger partial charge is 0.385 e. The minimum atomic E-state index is -0.194. The first-order valence-electron chi connectivity index (χ1n) is 8.27. The molecule has 0 spiro atoms. The Labute approximate surface area is 148 Å². The van der Waals surface area contributed by atoms with E-state index in [0.717, 1.165) is 23.2 Å². The molecule has 5 nitrogen and oxygen atoms in total. The smallest absolute Gasteiger partial charge is 0.255 e. The number of methoxy groups -OCH3 is 1. The third-order valence-corrected chi connectivity index (χ3v) is 4.07. The lowest BCUT2D eigenvalue weighted by Crippen LogP contribution is -2.25. The second-order valence-electron chi connectivity index (χ2n) is 5.88. The number of anilines is 1. The van der Waals surface area contributed by atoms with Crippen molar-refractivity contribution >= 4 is 17.5 Å². The van der Waals surface area contributed by atoms with Gasteiger partial charge in [-0.25, -0.2) is 0 Å². The fourth-order valence-corrected chi connectivity index (χ4v) is 2.37. The molecule has 0 heterocycles. The van der Waals surface area contributed by atoms with Crippen LogP contribution in [0.15, 0.2) is 42.5 Å². The monoisotopic (exact) mass is 340 g/mol. The molecule has 0 aliphatic rings. The number of aryl methyl sites for hydroxylation is 1. The standard InChI is InChI=1S/C20H24N2O3/c1-14-6-4-7-18(15(14)2)22-20(24)17-10-8-16(9-11-17)19(23)21-12-5-13-25-3/h4,6-11H,5,12-13H2,1-3H3,(H,21,23)(H,22,24). The molecule has 0 aliphatic carbocycles. The van der Waals surface area contributed by atoms with E-state index in [4.69, 9.17) is 4.74 Å². The van der Waals surface area contributed by atoms with Crippen molar-refractivity contribution in [3.05, 3.63) is 64.7 Å². The normalized spacial score (nSPS) is 10.4. The van der Waals surface area contributed by atoms with Gasteiger partial charge in [0, 0.05) is 37.1 Å². The SMILES string of the molecule is COCCCNC(=O)c1ccc(C(=O)Nc2cccc(C)c2C)cc1. The Morgan fingerprint density at radius 3 is 2.24 bits per heavy atom. The molecule has 0 fully saturated rings. The van der Waals surface area contributed by atoms with Crippen molar-refractivity contribution in [3.63, 3.8) is 0 Å². The molecule has 2 amide bonds. The highest BCUT2D eigenvalue weighted by molar-refractivity contribution is 6.05. The van der Waals surface area contributed by atoms with Gasteiger partial charge in [-0.2, -0.15) is 0 Å². The van der Waals surface area contributed by atoms with Crippen molar-refractivity contribution < 1.29 is 14.3 Å². The maximum Gasteiger partial charge on any atom is 0.255 e. The van der Waals surface area contributed by atoms with Crippen LogP contribution in [0.5, 0.6) is 0 Å². The molecule has 0 aliphatic heterocycles. The summed E-state index contributed by atoms with van der Waals surface area (Å²) in [6.07, 6.45) is 0.762. The average Bonchev–Trinajstić information content (AvgIpc) is 2.62. The lowest BCUT2D eigenvalue weighted by molar-refractivity contribution is 0.0947. The zero-order chi connectivity index (χ0) is 18.2. The highest BCUT2D eigenvalue weighted by Gasteiger charge is 2.10. The van der Waals surface area contributed by atoms with Crippen LogP contribution in [0, 0.1) is 13.8 Å². The van der Waals surface area contributed by atoms with E-state index in [2.05, 4.69) is 10.6 Å². The van der Waals surface area contributed by atoms with Crippen molar-refractivity contribution in [1.29, 1.82) is 0 Å². The lowest BCUT2D eigenvalue weighted by atomic mass is 10.1. The van der Waals surface area contributed by atoms with Gasteiger partial charge in [0.1, 0.15) is 0 Å². The maximum absolute atomic E-state index is 12.4. The van der Waals surface area contributed by atoms with E-state index in [1.807, 2.05) is 32.0 Å². The molecule has 2 rings (SSSR count). The van der Waals surface area contributed by atoms with Gasteiger partial charge in [-0.1, -0.05) is 12.1 Å². The Morgan fingerprint density at radius 2 is 1.60 bits per heavy atom. The van der Waals surface area contributed by atoms with Gasteiger partial charge in [-0.3, -0.25) is 9.59 Å². The number of hydrogen-bond donors (Lipinski definition) is 2. The summed E-state index contributed by atoms with van der Waals surface area (Å²) >= 11 is 0. The molecule has 25 heavy (non-hydrogen) atoms. The third kappa shape index (κ3) is 5.16. The minimum absolute atomic E-state index is 0.155. The molecule has 0 atom stereocenters. The highest BCUT2D eigenvalue weighted by atomic mass is 16.5. The molecule has 0 radical (unpaired) electrons. The summed E-state index contributed by atoms with van der Waals surface area (Å²) in [7, 11) is 1.63. The molecule has 5 heteroatoms. The van der Waals surface area contributed by atoms with Gasteiger partial charge in [-0.05, 0) is 61.7 Å². The average molecular weight is 340 g/mol. The molecule has 0 unspecified atom stereocenters. The summed E-state index contributed by atoms with van der Waals surface area (Å²) in [5.74, 6) is -0.349. The molecule has 2 aromatic carbocycles. The summed E-state index contributed by atoms with van der Waals surface area (Å²) in [6.45, 7) is 5.15. The van der Waals surface area contributed by atoms with Gasteiger partial charge in [0.2, 0.25) is 0 Å². The van der Waals surface area contributed by atoms with E-state index in [0.29, 0.717) is 24.3 Å². The Bertz CT molecular complexity index is 739. The number of ether oxygens (including phenoxy) is 1. The van der Waals surface area contributed by atoms with E-state index in [9.17, 15) is 9.59 Å². The number of amides is 2. The number of carbonyl (C=O) groups is 2. The summed E-state index contributed by atoms with van der Waals surface area (Å²) in [4.78, 5) is 24.4. The molecule has 0 aromatic heterocycles. The first kappa shape index (κ1) is 18.7. The first-order valence-corrected chi connectivity index (χ1v) is 8.27. The molecule has 0 saturated heterocycles. The van der Waals surface area contributed by atoms with Gasteiger partial charge in [-0.15, -0.1) is 0 Å². The highest BCUT2D eigenvalue weighted by Crippen LogP contribution is 2.19. The number of benzene rings is 2. The maximum atomic E-state index is 12.4. The van der Waals surface area contributed by atoms with Crippen molar-refractivity contribution in [2.24, 2.45) is 0 Å². The Kier molecular flexibility index (Phi) is 6.71. The summed E-state index contributed by atoms with van der Waals surface area (Å²) in [5.41, 5.74) is 4.00. The van der Waals surface area contributed by atoms with Crippen molar-refractivity contribution in [2.45, 2.75) is 20.3 Å². The van der Waals surface area contributed by atoms with Gasteiger partial charge < -0.3 is 15.4 Å². The summed E-state index contributed by atoms with van der Waals surface area (Å²) < 4.78 is 4.94. The predicted molar refractivity (Wildman–Crippen MR) is 99.1 cm³/mol. The quantitative estimate of drug-likeness (QED) is 0.760. The topological polar surface area (TPSA) is 67.4 Å². The number of carbonyl (C=O) groups excluding carboxylic acids is 2. The molecular formula is C20H24N2O3. The van der Waals surface area contributed by atoms with Crippen molar-refractivity contribution in [1.82, 2.24) is 5.32 Å². The van der Waals surface area contributed by atoms with Gasteiger partial charge >= 0.3 is 0 Å². The lowest BCUT2D eigenvalue weighted by Gasteiger charge is -2.11. The summed E-state index contributed by atoms with van der Waals surface area (Å²) in [5, 5.41) is 5.73. The van der Waals surface area contributed by atoms with Crippen LogP contribution < -0.4 is 10.6 Å². The van der Waals surface area contributed by atoms with E-state index >= 15 is 0 Å². The van der Waals surface area contributed by atoms with Crippen molar-refractivity contribution in [3.8, 4) is 0 Å². The zero-order valence-corrected chi connectivity index (χ0v) is 14.9. The number of rotatable bonds is 7. The van der Waals surface area contributed by atoms with Gasteiger partial charge in [0.05, 0.1) is 0 Å². The van der Waals surface area contributed by atoms with Crippen LogP contribution in [0.1, 0.15) is 38.3 Å². The zero-order valence-electron chi connectivity index (χ0n) is 14.9. The first-order chi connectivity index (χ1) is 12.0. The van der Waals surface area contributed by atoms with Crippen LogP contribution in [0.25, 0.3) is 0 Å². The van der Waals surface area contributed by atoms with Crippen LogP contribution >= 0.6 is 0 Å². The van der Waals surface area contributed by atoms with E-state index in [1.54, 1.807) is 31.4 Å². The Balaban J connectivity index is 1.98. The third-order valence-electron chi connectivity index (χ3n) is 4.07. The van der Waals surface area contributed by atoms with E-state index in [1.165, 1.54) is 0 Å².